The van der Waals surface area contributed by atoms with Gasteiger partial charge in [0.1, 0.15) is 12.7 Å². The van der Waals surface area contributed by atoms with Crippen molar-refractivity contribution in [3.05, 3.63) is 102 Å². The Kier molecular flexibility index (Phi) is 5.57. The molecule has 0 radical (unpaired) electrons. The summed E-state index contributed by atoms with van der Waals surface area (Å²) < 4.78 is 0. The number of fused-ring (bicyclic) bond motifs is 1. The lowest BCUT2D eigenvalue weighted by Gasteiger charge is -2.23. The number of hydrogen-bond donors (Lipinski definition) is 2. The minimum atomic E-state index is -0.593. The van der Waals surface area contributed by atoms with Crippen LogP contribution < -0.4 is 16.4 Å². The van der Waals surface area contributed by atoms with Gasteiger partial charge in [0.05, 0.1) is 11.4 Å². The lowest BCUT2D eigenvalue weighted by molar-refractivity contribution is -0.119. The number of aliphatic imine (C=N–C) groups is 2. The number of benzodiazepines with no additional fused rings is 1. The number of guanidine groups is 1. The monoisotopic (exact) mass is 397 g/mol. The molecule has 1 heterocycles. The van der Waals surface area contributed by atoms with Crippen LogP contribution in [0, 0.1) is 0 Å². The van der Waals surface area contributed by atoms with Gasteiger partial charge in [-0.15, -0.1) is 0 Å². The topological polar surface area (TPSA) is 97.1 Å². The predicted octanol–water partition coefficient (Wildman–Crippen LogP) is 2.71. The maximum atomic E-state index is 13.6. The fourth-order valence-corrected chi connectivity index (χ4v) is 3.58. The molecule has 0 bridgehead atoms. The van der Waals surface area contributed by atoms with Crippen molar-refractivity contribution in [1.82, 2.24) is 0 Å². The zero-order chi connectivity index (χ0) is 20.9. The first-order valence-corrected chi connectivity index (χ1v) is 9.77. The van der Waals surface area contributed by atoms with Crippen LogP contribution in [0.5, 0.6) is 0 Å². The molecule has 0 saturated carbocycles. The van der Waals surface area contributed by atoms with Gasteiger partial charge >= 0.3 is 0 Å². The van der Waals surface area contributed by atoms with Crippen LogP contribution in [-0.2, 0) is 11.2 Å². The zero-order valence-corrected chi connectivity index (χ0v) is 16.5. The zero-order valence-electron chi connectivity index (χ0n) is 16.5. The fraction of sp³-hybridized carbons (Fsp3) is 0.125. The van der Waals surface area contributed by atoms with Crippen molar-refractivity contribution >= 4 is 23.3 Å². The molecule has 0 aromatic heterocycles. The molecule has 1 aliphatic heterocycles. The smallest absolute Gasteiger partial charge is 0.253 e. The summed E-state index contributed by atoms with van der Waals surface area (Å²) in [5.41, 5.74) is 15.5. The Labute approximate surface area is 175 Å². The number of nitrogens with two attached hydrogens (primary N) is 2. The van der Waals surface area contributed by atoms with Crippen LogP contribution in [-0.4, -0.2) is 30.3 Å². The molecular formula is C24H23N5O. The normalized spacial score (nSPS) is 15.7. The van der Waals surface area contributed by atoms with Gasteiger partial charge in [0.15, 0.2) is 5.96 Å². The largest absolute Gasteiger partial charge is 0.370 e. The van der Waals surface area contributed by atoms with Crippen molar-refractivity contribution in [3.63, 3.8) is 0 Å². The Morgan fingerprint density at radius 1 is 0.900 bits per heavy atom. The second kappa shape index (κ2) is 8.61. The Morgan fingerprint density at radius 3 is 2.23 bits per heavy atom. The highest BCUT2D eigenvalue weighted by atomic mass is 16.2. The molecule has 6 nitrogen and oxygen atoms in total. The molecule has 4 N–H and O–H groups in total. The number of para-hydroxylation sites is 1. The molecule has 0 saturated heterocycles. The summed E-state index contributed by atoms with van der Waals surface area (Å²) in [5.74, 6) is -0.199. The van der Waals surface area contributed by atoms with Crippen LogP contribution in [0.15, 0.2) is 94.9 Å². The molecule has 4 rings (SSSR count). The van der Waals surface area contributed by atoms with E-state index in [1.807, 2.05) is 84.9 Å². The van der Waals surface area contributed by atoms with Crippen LogP contribution >= 0.6 is 0 Å². The van der Waals surface area contributed by atoms with Gasteiger partial charge in [0.2, 0.25) is 0 Å². The van der Waals surface area contributed by atoms with E-state index in [4.69, 9.17) is 16.5 Å². The molecule has 1 atom stereocenters. The van der Waals surface area contributed by atoms with E-state index in [0.717, 1.165) is 28.1 Å². The van der Waals surface area contributed by atoms with Crippen molar-refractivity contribution in [1.29, 1.82) is 0 Å². The minimum absolute atomic E-state index is 0.0427. The summed E-state index contributed by atoms with van der Waals surface area (Å²) >= 11 is 0. The summed E-state index contributed by atoms with van der Waals surface area (Å²) in [6, 6.07) is 26.9. The van der Waals surface area contributed by atoms with Gasteiger partial charge < -0.3 is 11.5 Å². The van der Waals surface area contributed by atoms with E-state index in [2.05, 4.69) is 4.99 Å². The number of nitrogens with zero attached hydrogens (tertiary/aromatic N) is 3. The van der Waals surface area contributed by atoms with Gasteiger partial charge in [0, 0.05) is 17.5 Å². The standard InChI is InChI=1S/C24H23N5O/c25-24(26)27-16-29-21-14-8-7-13-19(21)22(18-11-5-2-6-12-18)28-20(23(29)30)15-17-9-3-1-4-10-17/h1-14,20H,15-16H2,(H4,25,26,27). The summed E-state index contributed by atoms with van der Waals surface area (Å²) in [5, 5.41) is 0. The molecule has 3 aromatic carbocycles. The highest BCUT2D eigenvalue weighted by molar-refractivity contribution is 6.20. The Hall–Kier alpha value is -3.93. The summed E-state index contributed by atoms with van der Waals surface area (Å²) in [7, 11) is 0. The third kappa shape index (κ3) is 4.07. The maximum absolute atomic E-state index is 13.6. The first kappa shape index (κ1) is 19.4. The highest BCUT2D eigenvalue weighted by Crippen LogP contribution is 2.29. The van der Waals surface area contributed by atoms with Crippen molar-refractivity contribution in [2.24, 2.45) is 21.5 Å². The second-order valence-electron chi connectivity index (χ2n) is 7.06. The number of amides is 1. The molecule has 3 aromatic rings. The van der Waals surface area contributed by atoms with E-state index in [1.54, 1.807) is 4.90 Å². The van der Waals surface area contributed by atoms with Gasteiger partial charge in [0.25, 0.3) is 5.91 Å². The number of benzene rings is 3. The van der Waals surface area contributed by atoms with Crippen LogP contribution in [0.25, 0.3) is 0 Å². The van der Waals surface area contributed by atoms with Crippen molar-refractivity contribution in [3.8, 4) is 0 Å². The van der Waals surface area contributed by atoms with Crippen molar-refractivity contribution in [2.75, 3.05) is 11.6 Å². The van der Waals surface area contributed by atoms with E-state index in [0.29, 0.717) is 6.42 Å². The fourth-order valence-electron chi connectivity index (χ4n) is 3.58. The molecule has 1 unspecified atom stereocenters. The lowest BCUT2D eigenvalue weighted by Crippen LogP contribution is -2.40. The van der Waals surface area contributed by atoms with Crippen molar-refractivity contribution < 1.29 is 4.79 Å². The number of carbonyl (C=O) groups excluding carboxylic acids is 1. The molecule has 0 aliphatic carbocycles. The van der Waals surface area contributed by atoms with E-state index < -0.39 is 6.04 Å². The van der Waals surface area contributed by atoms with Crippen molar-refractivity contribution in [2.45, 2.75) is 12.5 Å². The van der Waals surface area contributed by atoms with Gasteiger partial charge in [-0.25, -0.2) is 4.99 Å². The molecular weight excluding hydrogens is 374 g/mol. The Bertz CT molecular complexity index is 1090. The number of rotatable bonds is 5. The van der Waals surface area contributed by atoms with Crippen LogP contribution in [0.4, 0.5) is 5.69 Å². The third-order valence-electron chi connectivity index (χ3n) is 5.00. The van der Waals surface area contributed by atoms with E-state index in [-0.39, 0.29) is 18.5 Å². The molecule has 0 fully saturated rings. The first-order chi connectivity index (χ1) is 14.6. The maximum Gasteiger partial charge on any atom is 0.253 e. The Morgan fingerprint density at radius 2 is 1.53 bits per heavy atom. The minimum Gasteiger partial charge on any atom is -0.370 e. The second-order valence-corrected chi connectivity index (χ2v) is 7.06. The third-order valence-corrected chi connectivity index (χ3v) is 5.00. The van der Waals surface area contributed by atoms with E-state index in [9.17, 15) is 4.79 Å². The Balaban J connectivity index is 1.86. The highest BCUT2D eigenvalue weighted by Gasteiger charge is 2.31. The molecule has 30 heavy (non-hydrogen) atoms. The molecule has 150 valence electrons. The van der Waals surface area contributed by atoms with E-state index >= 15 is 0 Å². The van der Waals surface area contributed by atoms with Gasteiger partial charge in [-0.3, -0.25) is 14.7 Å². The molecule has 1 amide bonds. The number of hydrogen-bond acceptors (Lipinski definition) is 3. The summed E-state index contributed by atoms with van der Waals surface area (Å²) in [4.78, 5) is 24.2. The van der Waals surface area contributed by atoms with Gasteiger partial charge in [-0.2, -0.15) is 0 Å². The van der Waals surface area contributed by atoms with Crippen LogP contribution in [0.2, 0.25) is 0 Å². The van der Waals surface area contributed by atoms with Crippen LogP contribution in [0.1, 0.15) is 16.7 Å². The molecule has 1 aliphatic rings. The summed E-state index contributed by atoms with van der Waals surface area (Å²) in [6.45, 7) is 0.0427. The van der Waals surface area contributed by atoms with Gasteiger partial charge in [-0.1, -0.05) is 78.9 Å². The molecule has 0 spiro atoms. The average molecular weight is 397 g/mol. The predicted molar refractivity (Wildman–Crippen MR) is 121 cm³/mol. The van der Waals surface area contributed by atoms with Gasteiger partial charge in [-0.05, 0) is 11.6 Å². The van der Waals surface area contributed by atoms with E-state index in [1.165, 1.54) is 0 Å². The lowest BCUT2D eigenvalue weighted by atomic mass is 10.0. The SMILES string of the molecule is NC(N)=NCN1C(=O)C(Cc2ccccc2)N=C(c2ccccc2)c2ccccc21. The number of anilines is 1. The number of carbonyl (C=O) groups is 1. The average Bonchev–Trinajstić information content (AvgIpc) is 2.89. The van der Waals surface area contributed by atoms with Crippen LogP contribution in [0.3, 0.4) is 0 Å². The summed E-state index contributed by atoms with van der Waals surface area (Å²) in [6.07, 6.45) is 0.488. The first-order valence-electron chi connectivity index (χ1n) is 9.77. The molecule has 6 heteroatoms. The quantitative estimate of drug-likeness (QED) is 0.512.